The normalized spacial score (nSPS) is 14.3. The molecule has 0 bridgehead atoms. The van der Waals surface area contributed by atoms with Crippen LogP contribution in [-0.2, 0) is 4.79 Å². The van der Waals surface area contributed by atoms with Gasteiger partial charge < -0.3 is 15.0 Å². The van der Waals surface area contributed by atoms with E-state index in [1.54, 1.807) is 18.4 Å². The Morgan fingerprint density at radius 2 is 2.12 bits per heavy atom. The van der Waals surface area contributed by atoms with Crippen LogP contribution in [0.4, 0.5) is 10.8 Å². The van der Waals surface area contributed by atoms with Crippen molar-refractivity contribution in [2.45, 2.75) is 6.92 Å². The molecule has 1 saturated heterocycles. The molecule has 1 fully saturated rings. The monoisotopic (exact) mass is 431 g/mol. The number of halogens is 1. The van der Waals surface area contributed by atoms with Crippen LogP contribution in [0.25, 0.3) is 10.2 Å². The number of carbonyl (C=O) groups excluding carboxylic acids is 1. The standard InChI is InChI=1S/C19H18BrN3O2S/c1-11-7-13(20)3-5-15(11)21-18(24)12-9-23(10-12)19-22-16-6-4-14(25-2)8-17(16)26-19/h3-8,12H,9-10H2,1-2H3,(H,21,24). The third-order valence-electron chi connectivity index (χ3n) is 4.55. The lowest BCUT2D eigenvalue weighted by Crippen LogP contribution is -2.52. The number of nitrogens with one attached hydrogen (secondary N) is 1. The topological polar surface area (TPSA) is 54.5 Å². The van der Waals surface area contributed by atoms with Crippen LogP contribution in [0, 0.1) is 12.8 Å². The summed E-state index contributed by atoms with van der Waals surface area (Å²) in [7, 11) is 1.66. The van der Waals surface area contributed by atoms with Gasteiger partial charge in [0, 0.05) is 23.2 Å². The Morgan fingerprint density at radius 1 is 1.31 bits per heavy atom. The second-order valence-corrected chi connectivity index (χ2v) is 8.31. The van der Waals surface area contributed by atoms with Crippen LogP contribution >= 0.6 is 27.3 Å². The highest BCUT2D eigenvalue weighted by molar-refractivity contribution is 9.10. The summed E-state index contributed by atoms with van der Waals surface area (Å²) in [5.41, 5.74) is 2.87. The van der Waals surface area contributed by atoms with Gasteiger partial charge in [0.25, 0.3) is 0 Å². The zero-order valence-electron chi connectivity index (χ0n) is 14.5. The molecule has 3 aromatic rings. The van der Waals surface area contributed by atoms with Gasteiger partial charge in [-0.1, -0.05) is 27.3 Å². The van der Waals surface area contributed by atoms with Crippen LogP contribution in [0.15, 0.2) is 40.9 Å². The number of aryl methyl sites for hydroxylation is 1. The number of hydrogen-bond acceptors (Lipinski definition) is 5. The van der Waals surface area contributed by atoms with Crippen molar-refractivity contribution >= 4 is 54.2 Å². The molecule has 0 saturated carbocycles. The van der Waals surface area contributed by atoms with Crippen LogP contribution < -0.4 is 15.0 Å². The van der Waals surface area contributed by atoms with Gasteiger partial charge in [-0.05, 0) is 48.9 Å². The van der Waals surface area contributed by atoms with Gasteiger partial charge in [0.05, 0.1) is 23.2 Å². The van der Waals surface area contributed by atoms with E-state index in [0.29, 0.717) is 13.1 Å². The molecule has 5 nitrogen and oxygen atoms in total. The van der Waals surface area contributed by atoms with Crippen molar-refractivity contribution in [3.05, 3.63) is 46.4 Å². The zero-order valence-corrected chi connectivity index (χ0v) is 16.9. The minimum atomic E-state index is -0.0143. The minimum Gasteiger partial charge on any atom is -0.497 e. The molecule has 1 amide bonds. The summed E-state index contributed by atoms with van der Waals surface area (Å²) in [4.78, 5) is 19.3. The molecule has 0 aliphatic carbocycles. The lowest BCUT2D eigenvalue weighted by Gasteiger charge is -2.38. The van der Waals surface area contributed by atoms with Crippen molar-refractivity contribution in [2.24, 2.45) is 5.92 Å². The Kier molecular flexibility index (Phi) is 4.58. The van der Waals surface area contributed by atoms with Crippen molar-refractivity contribution in [3.8, 4) is 5.75 Å². The van der Waals surface area contributed by atoms with E-state index in [0.717, 1.165) is 36.8 Å². The maximum absolute atomic E-state index is 12.5. The Balaban J connectivity index is 1.41. The first-order valence-electron chi connectivity index (χ1n) is 8.30. The Bertz CT molecular complexity index is 982. The van der Waals surface area contributed by atoms with E-state index in [2.05, 4.69) is 31.1 Å². The molecular weight excluding hydrogens is 414 g/mol. The fourth-order valence-corrected chi connectivity index (χ4v) is 4.45. The van der Waals surface area contributed by atoms with Crippen molar-refractivity contribution in [3.63, 3.8) is 0 Å². The number of hydrogen-bond donors (Lipinski definition) is 1. The number of methoxy groups -OCH3 is 1. The van der Waals surface area contributed by atoms with Crippen LogP contribution in [0.2, 0.25) is 0 Å². The third kappa shape index (κ3) is 3.29. The highest BCUT2D eigenvalue weighted by atomic mass is 79.9. The molecule has 1 N–H and O–H groups in total. The van der Waals surface area contributed by atoms with Crippen molar-refractivity contribution < 1.29 is 9.53 Å². The molecule has 0 unspecified atom stereocenters. The zero-order chi connectivity index (χ0) is 18.3. The molecule has 0 atom stereocenters. The molecular formula is C19H18BrN3O2S. The van der Waals surface area contributed by atoms with Gasteiger partial charge in [-0.25, -0.2) is 4.98 Å². The quantitative estimate of drug-likeness (QED) is 0.662. The number of ether oxygens (including phenoxy) is 1. The van der Waals surface area contributed by atoms with Crippen LogP contribution in [0.3, 0.4) is 0 Å². The largest absolute Gasteiger partial charge is 0.497 e. The highest BCUT2D eigenvalue weighted by Gasteiger charge is 2.34. The van der Waals surface area contributed by atoms with Gasteiger partial charge in [0.15, 0.2) is 5.13 Å². The number of amides is 1. The summed E-state index contributed by atoms with van der Waals surface area (Å²) in [5.74, 6) is 0.882. The van der Waals surface area contributed by atoms with Crippen molar-refractivity contribution in [1.82, 2.24) is 4.98 Å². The smallest absolute Gasteiger partial charge is 0.231 e. The van der Waals surface area contributed by atoms with Crippen LogP contribution in [0.5, 0.6) is 5.75 Å². The molecule has 4 rings (SSSR count). The number of aromatic nitrogens is 1. The minimum absolute atomic E-state index is 0.0143. The number of carbonyl (C=O) groups is 1. The summed E-state index contributed by atoms with van der Waals surface area (Å²) < 4.78 is 7.37. The van der Waals surface area contributed by atoms with E-state index >= 15 is 0 Å². The fourth-order valence-electron chi connectivity index (χ4n) is 2.96. The average Bonchev–Trinajstić information content (AvgIpc) is 2.98. The summed E-state index contributed by atoms with van der Waals surface area (Å²) >= 11 is 5.07. The number of benzene rings is 2. The van der Waals surface area contributed by atoms with Crippen LogP contribution in [-0.4, -0.2) is 31.1 Å². The van der Waals surface area contributed by atoms with Crippen molar-refractivity contribution in [1.29, 1.82) is 0 Å². The highest BCUT2D eigenvalue weighted by Crippen LogP contribution is 2.35. The van der Waals surface area contributed by atoms with Gasteiger partial charge in [-0.2, -0.15) is 0 Å². The Morgan fingerprint density at radius 3 is 2.85 bits per heavy atom. The Labute approximate surface area is 164 Å². The van der Waals surface area contributed by atoms with E-state index in [1.807, 2.05) is 43.3 Å². The SMILES string of the molecule is COc1ccc2nc(N3CC(C(=O)Nc4ccc(Br)cc4C)C3)sc2c1. The van der Waals surface area contributed by atoms with E-state index in [1.165, 1.54) is 0 Å². The van der Waals surface area contributed by atoms with E-state index in [4.69, 9.17) is 4.74 Å². The second-order valence-electron chi connectivity index (χ2n) is 6.38. The number of nitrogens with zero attached hydrogens (tertiary/aromatic N) is 2. The van der Waals surface area contributed by atoms with E-state index in [-0.39, 0.29) is 11.8 Å². The van der Waals surface area contributed by atoms with Gasteiger partial charge >= 0.3 is 0 Å². The molecule has 1 aromatic heterocycles. The van der Waals surface area contributed by atoms with Crippen molar-refractivity contribution in [2.75, 3.05) is 30.4 Å². The molecule has 26 heavy (non-hydrogen) atoms. The average molecular weight is 432 g/mol. The summed E-state index contributed by atoms with van der Waals surface area (Å²) in [6.45, 7) is 3.37. The third-order valence-corrected chi connectivity index (χ3v) is 6.13. The summed E-state index contributed by atoms with van der Waals surface area (Å²) in [6, 6.07) is 11.7. The molecule has 2 aromatic carbocycles. The molecule has 1 aliphatic rings. The first-order valence-corrected chi connectivity index (χ1v) is 9.91. The maximum Gasteiger partial charge on any atom is 0.231 e. The molecule has 134 valence electrons. The number of thiazole rings is 1. The lowest BCUT2D eigenvalue weighted by molar-refractivity contribution is -0.120. The number of rotatable bonds is 4. The molecule has 7 heteroatoms. The van der Waals surface area contributed by atoms with Gasteiger partial charge in [-0.3, -0.25) is 4.79 Å². The fraction of sp³-hybridized carbons (Fsp3) is 0.263. The first-order chi connectivity index (χ1) is 12.5. The van der Waals surface area contributed by atoms with Gasteiger partial charge in [-0.15, -0.1) is 0 Å². The first kappa shape index (κ1) is 17.3. The van der Waals surface area contributed by atoms with E-state index < -0.39 is 0 Å². The summed E-state index contributed by atoms with van der Waals surface area (Å²) in [5, 5.41) is 3.99. The molecule has 0 radical (unpaired) electrons. The Hall–Kier alpha value is -2.12. The number of anilines is 2. The van der Waals surface area contributed by atoms with Crippen LogP contribution in [0.1, 0.15) is 5.56 Å². The number of fused-ring (bicyclic) bond motifs is 1. The lowest BCUT2D eigenvalue weighted by atomic mass is 10.00. The maximum atomic E-state index is 12.5. The molecule has 2 heterocycles. The van der Waals surface area contributed by atoms with Gasteiger partial charge in [0.1, 0.15) is 5.75 Å². The van der Waals surface area contributed by atoms with Gasteiger partial charge in [0.2, 0.25) is 5.91 Å². The molecule has 1 aliphatic heterocycles. The van der Waals surface area contributed by atoms with E-state index in [9.17, 15) is 4.79 Å². The molecule has 0 spiro atoms. The predicted octanol–water partition coefficient (Wildman–Crippen LogP) is 4.45. The predicted molar refractivity (Wildman–Crippen MR) is 109 cm³/mol. The second kappa shape index (κ2) is 6.89. The summed E-state index contributed by atoms with van der Waals surface area (Å²) in [6.07, 6.45) is 0.